The van der Waals surface area contributed by atoms with E-state index in [1.807, 2.05) is 26.0 Å². The molecule has 1 aromatic rings. The average Bonchev–Trinajstić information content (AvgIpc) is 2.26. The summed E-state index contributed by atoms with van der Waals surface area (Å²) in [6, 6.07) is 3.18. The minimum Gasteiger partial charge on any atom is -0.396 e. The molecule has 0 bridgehead atoms. The Kier molecular flexibility index (Phi) is 4.28. The van der Waals surface area contributed by atoms with Gasteiger partial charge in [-0.2, -0.15) is 0 Å². The zero-order valence-corrected chi connectivity index (χ0v) is 10.5. The second-order valence-electron chi connectivity index (χ2n) is 4.20. The maximum atomic E-state index is 11.0. The standard InChI is InChI=1S/C11H19N5O/c1-15(2)6-7-16(3)11-8(12)4-5-9(14-11)10(13)17/h4-5H,6-7,12H2,1-3H3,(H2,13,17). The van der Waals surface area contributed by atoms with Crippen molar-refractivity contribution in [3.63, 3.8) is 0 Å². The Balaban J connectivity index is 2.87. The van der Waals surface area contributed by atoms with Crippen LogP contribution >= 0.6 is 0 Å². The Morgan fingerprint density at radius 1 is 1.29 bits per heavy atom. The first-order valence-electron chi connectivity index (χ1n) is 5.34. The Morgan fingerprint density at radius 3 is 2.47 bits per heavy atom. The molecule has 0 fully saturated rings. The lowest BCUT2D eigenvalue weighted by Gasteiger charge is -2.22. The number of hydrogen-bond acceptors (Lipinski definition) is 5. The highest BCUT2D eigenvalue weighted by atomic mass is 16.1. The van der Waals surface area contributed by atoms with Crippen molar-refractivity contribution < 1.29 is 4.79 Å². The SMILES string of the molecule is CN(C)CCN(C)c1nc(C(N)=O)ccc1N. The van der Waals surface area contributed by atoms with Crippen molar-refractivity contribution in [2.45, 2.75) is 0 Å². The summed E-state index contributed by atoms with van der Waals surface area (Å²) >= 11 is 0. The number of amides is 1. The third-order valence-electron chi connectivity index (χ3n) is 2.40. The molecule has 0 aromatic carbocycles. The van der Waals surface area contributed by atoms with Crippen LogP contribution in [0.3, 0.4) is 0 Å². The van der Waals surface area contributed by atoms with Crippen molar-refractivity contribution in [2.24, 2.45) is 5.73 Å². The summed E-state index contributed by atoms with van der Waals surface area (Å²) < 4.78 is 0. The number of pyridine rings is 1. The molecule has 6 heteroatoms. The van der Waals surface area contributed by atoms with Gasteiger partial charge in [0.2, 0.25) is 0 Å². The van der Waals surface area contributed by atoms with E-state index in [1.165, 1.54) is 6.07 Å². The smallest absolute Gasteiger partial charge is 0.267 e. The van der Waals surface area contributed by atoms with Crippen LogP contribution < -0.4 is 16.4 Å². The average molecular weight is 237 g/mol. The predicted octanol–water partition coefficient (Wildman–Crippen LogP) is -0.239. The van der Waals surface area contributed by atoms with Crippen molar-refractivity contribution in [1.29, 1.82) is 0 Å². The molecule has 1 rings (SSSR count). The lowest BCUT2D eigenvalue weighted by Crippen LogP contribution is -2.30. The number of rotatable bonds is 5. The van der Waals surface area contributed by atoms with E-state index in [2.05, 4.69) is 9.88 Å². The monoisotopic (exact) mass is 237 g/mol. The largest absolute Gasteiger partial charge is 0.396 e. The Bertz CT molecular complexity index is 405. The highest BCUT2D eigenvalue weighted by Crippen LogP contribution is 2.19. The minimum atomic E-state index is -0.549. The summed E-state index contributed by atoms with van der Waals surface area (Å²) in [7, 11) is 5.86. The van der Waals surface area contributed by atoms with E-state index in [0.29, 0.717) is 11.5 Å². The number of carbonyl (C=O) groups excluding carboxylic acids is 1. The quantitative estimate of drug-likeness (QED) is 0.738. The fourth-order valence-corrected chi connectivity index (χ4v) is 1.36. The molecule has 1 aromatic heterocycles. The van der Waals surface area contributed by atoms with Crippen LogP contribution in [-0.4, -0.2) is 50.0 Å². The van der Waals surface area contributed by atoms with Gasteiger partial charge in [0, 0.05) is 20.1 Å². The van der Waals surface area contributed by atoms with Gasteiger partial charge >= 0.3 is 0 Å². The fourth-order valence-electron chi connectivity index (χ4n) is 1.36. The van der Waals surface area contributed by atoms with Crippen molar-refractivity contribution >= 4 is 17.4 Å². The third-order valence-corrected chi connectivity index (χ3v) is 2.40. The van der Waals surface area contributed by atoms with E-state index in [0.717, 1.165) is 13.1 Å². The van der Waals surface area contributed by atoms with Crippen LogP contribution in [0.25, 0.3) is 0 Å². The molecule has 0 aliphatic heterocycles. The van der Waals surface area contributed by atoms with Crippen molar-refractivity contribution in [3.8, 4) is 0 Å². The molecule has 17 heavy (non-hydrogen) atoms. The number of nitrogens with two attached hydrogens (primary N) is 2. The molecule has 0 saturated heterocycles. The van der Waals surface area contributed by atoms with Crippen molar-refractivity contribution in [1.82, 2.24) is 9.88 Å². The van der Waals surface area contributed by atoms with Crippen LogP contribution in [0, 0.1) is 0 Å². The van der Waals surface area contributed by atoms with Gasteiger partial charge < -0.3 is 21.3 Å². The highest BCUT2D eigenvalue weighted by molar-refractivity contribution is 5.91. The fraction of sp³-hybridized carbons (Fsp3) is 0.455. The minimum absolute atomic E-state index is 0.228. The Morgan fingerprint density at radius 2 is 1.94 bits per heavy atom. The maximum absolute atomic E-state index is 11.0. The second-order valence-corrected chi connectivity index (χ2v) is 4.20. The number of anilines is 2. The van der Waals surface area contributed by atoms with Gasteiger partial charge in [0.25, 0.3) is 5.91 Å². The molecule has 0 radical (unpaired) electrons. The topological polar surface area (TPSA) is 88.5 Å². The van der Waals surface area contributed by atoms with Gasteiger partial charge in [0.1, 0.15) is 5.69 Å². The van der Waals surface area contributed by atoms with Crippen molar-refractivity contribution in [3.05, 3.63) is 17.8 Å². The predicted molar refractivity (Wildman–Crippen MR) is 69.0 cm³/mol. The molecule has 0 aliphatic carbocycles. The van der Waals surface area contributed by atoms with E-state index < -0.39 is 5.91 Å². The molecule has 1 amide bonds. The maximum Gasteiger partial charge on any atom is 0.267 e. The molecule has 0 saturated carbocycles. The number of nitrogens with zero attached hydrogens (tertiary/aromatic N) is 3. The van der Waals surface area contributed by atoms with Gasteiger partial charge in [-0.1, -0.05) is 0 Å². The van der Waals surface area contributed by atoms with Crippen LogP contribution in [0.5, 0.6) is 0 Å². The highest BCUT2D eigenvalue weighted by Gasteiger charge is 2.11. The Labute approximate surface area is 101 Å². The zero-order chi connectivity index (χ0) is 13.0. The molecule has 4 N–H and O–H groups in total. The van der Waals surface area contributed by atoms with E-state index in [-0.39, 0.29) is 5.69 Å². The lowest BCUT2D eigenvalue weighted by atomic mass is 10.3. The number of hydrogen-bond donors (Lipinski definition) is 2. The number of likely N-dealkylation sites (N-methyl/N-ethyl adjacent to an activating group) is 2. The van der Waals surface area contributed by atoms with Gasteiger partial charge in [-0.05, 0) is 26.2 Å². The van der Waals surface area contributed by atoms with Crippen LogP contribution in [0.2, 0.25) is 0 Å². The number of primary amides is 1. The lowest BCUT2D eigenvalue weighted by molar-refractivity contribution is 0.0995. The van der Waals surface area contributed by atoms with E-state index in [4.69, 9.17) is 11.5 Å². The van der Waals surface area contributed by atoms with Gasteiger partial charge in [-0.3, -0.25) is 4.79 Å². The first-order chi connectivity index (χ1) is 7.91. The molecule has 94 valence electrons. The van der Waals surface area contributed by atoms with Gasteiger partial charge in [0.15, 0.2) is 5.82 Å². The number of carbonyl (C=O) groups is 1. The van der Waals surface area contributed by atoms with E-state index in [1.54, 1.807) is 6.07 Å². The second kappa shape index (κ2) is 5.49. The Hall–Kier alpha value is -1.82. The molecule has 0 unspecified atom stereocenters. The first kappa shape index (κ1) is 13.2. The summed E-state index contributed by atoms with van der Waals surface area (Å²) in [5, 5.41) is 0. The zero-order valence-electron chi connectivity index (χ0n) is 10.5. The molecule has 0 aliphatic rings. The summed E-state index contributed by atoms with van der Waals surface area (Å²) in [4.78, 5) is 19.2. The number of aromatic nitrogens is 1. The third kappa shape index (κ3) is 3.60. The molecule has 0 atom stereocenters. The molecular weight excluding hydrogens is 218 g/mol. The summed E-state index contributed by atoms with van der Waals surface area (Å²) in [6.45, 7) is 1.64. The van der Waals surface area contributed by atoms with Gasteiger partial charge in [-0.15, -0.1) is 0 Å². The van der Waals surface area contributed by atoms with E-state index in [9.17, 15) is 4.79 Å². The van der Waals surface area contributed by atoms with Crippen LogP contribution in [-0.2, 0) is 0 Å². The normalized spacial score (nSPS) is 10.6. The molecule has 0 spiro atoms. The summed E-state index contributed by atoms with van der Waals surface area (Å²) in [6.07, 6.45) is 0. The van der Waals surface area contributed by atoms with Crippen LogP contribution in [0.15, 0.2) is 12.1 Å². The molecule has 6 nitrogen and oxygen atoms in total. The first-order valence-corrected chi connectivity index (χ1v) is 5.34. The van der Waals surface area contributed by atoms with Crippen LogP contribution in [0.1, 0.15) is 10.5 Å². The van der Waals surface area contributed by atoms with Gasteiger partial charge in [-0.25, -0.2) is 4.98 Å². The van der Waals surface area contributed by atoms with E-state index >= 15 is 0 Å². The molecule has 1 heterocycles. The summed E-state index contributed by atoms with van der Waals surface area (Å²) in [5.74, 6) is 0.0374. The summed E-state index contributed by atoms with van der Waals surface area (Å²) in [5.41, 5.74) is 11.8. The number of nitrogen functional groups attached to an aromatic ring is 1. The van der Waals surface area contributed by atoms with Gasteiger partial charge in [0.05, 0.1) is 5.69 Å². The molecular formula is C11H19N5O. The van der Waals surface area contributed by atoms with Crippen molar-refractivity contribution in [2.75, 3.05) is 44.9 Å². The van der Waals surface area contributed by atoms with Crippen LogP contribution in [0.4, 0.5) is 11.5 Å².